The number of aromatic nitrogens is 3. The van der Waals surface area contributed by atoms with Crippen LogP contribution in [-0.2, 0) is 6.54 Å². The van der Waals surface area contributed by atoms with Crippen LogP contribution in [0.2, 0.25) is 0 Å². The van der Waals surface area contributed by atoms with Gasteiger partial charge in [-0.05, 0) is 36.4 Å². The first kappa shape index (κ1) is 14.9. The number of aromatic amines is 1. The van der Waals surface area contributed by atoms with Crippen molar-refractivity contribution in [2.24, 2.45) is 0 Å². The molecule has 0 aliphatic heterocycles. The molecule has 2 N–H and O–H groups in total. The van der Waals surface area contributed by atoms with Crippen LogP contribution in [0.5, 0.6) is 0 Å². The standard InChI is InChI=1S/C12H12BrN3O3S/c1-2-5-16-11(19)14-15-12(16)20-9-6-7(13)3-4-8(9)10(17)18/h3-4,6H,2,5H2,1H3,(H,14,19)(H,17,18). The summed E-state index contributed by atoms with van der Waals surface area (Å²) in [7, 11) is 0. The highest BCUT2D eigenvalue weighted by molar-refractivity contribution is 9.10. The predicted octanol–water partition coefficient (Wildman–Crippen LogP) is 2.59. The molecular weight excluding hydrogens is 346 g/mol. The first-order valence-electron chi connectivity index (χ1n) is 5.88. The van der Waals surface area contributed by atoms with Gasteiger partial charge in [0, 0.05) is 15.9 Å². The zero-order valence-electron chi connectivity index (χ0n) is 10.6. The second-order valence-corrected chi connectivity index (χ2v) is 5.94. The Morgan fingerprint density at radius 1 is 1.55 bits per heavy atom. The molecule has 0 amide bonds. The third-order valence-electron chi connectivity index (χ3n) is 2.55. The van der Waals surface area contributed by atoms with E-state index in [4.69, 9.17) is 0 Å². The van der Waals surface area contributed by atoms with E-state index in [-0.39, 0.29) is 11.3 Å². The first-order valence-corrected chi connectivity index (χ1v) is 7.49. The molecule has 0 saturated carbocycles. The molecule has 0 bridgehead atoms. The Balaban J connectivity index is 2.42. The van der Waals surface area contributed by atoms with Crippen LogP contribution in [-0.4, -0.2) is 25.8 Å². The quantitative estimate of drug-likeness (QED) is 0.858. The maximum Gasteiger partial charge on any atom is 0.343 e. The molecule has 0 unspecified atom stereocenters. The van der Waals surface area contributed by atoms with Gasteiger partial charge in [0.15, 0.2) is 5.16 Å². The van der Waals surface area contributed by atoms with Gasteiger partial charge in [0.05, 0.1) is 5.56 Å². The van der Waals surface area contributed by atoms with Crippen LogP contribution in [0, 0.1) is 0 Å². The van der Waals surface area contributed by atoms with E-state index in [1.54, 1.807) is 12.1 Å². The van der Waals surface area contributed by atoms with E-state index in [2.05, 4.69) is 26.1 Å². The topological polar surface area (TPSA) is 88.0 Å². The summed E-state index contributed by atoms with van der Waals surface area (Å²) >= 11 is 4.46. The highest BCUT2D eigenvalue weighted by atomic mass is 79.9. The molecule has 0 atom stereocenters. The van der Waals surface area contributed by atoms with Crippen LogP contribution in [0.4, 0.5) is 0 Å². The Labute approximate surface area is 127 Å². The van der Waals surface area contributed by atoms with Gasteiger partial charge in [-0.1, -0.05) is 22.9 Å². The fraction of sp³-hybridized carbons (Fsp3) is 0.250. The first-order chi connectivity index (χ1) is 9.52. The van der Waals surface area contributed by atoms with E-state index in [1.165, 1.54) is 10.6 Å². The van der Waals surface area contributed by atoms with Crippen LogP contribution in [0.1, 0.15) is 23.7 Å². The largest absolute Gasteiger partial charge is 0.478 e. The minimum atomic E-state index is -1.01. The lowest BCUT2D eigenvalue weighted by molar-refractivity contribution is 0.0693. The Kier molecular flexibility index (Phi) is 4.66. The van der Waals surface area contributed by atoms with Crippen molar-refractivity contribution in [2.75, 3.05) is 0 Å². The monoisotopic (exact) mass is 357 g/mol. The van der Waals surface area contributed by atoms with Crippen molar-refractivity contribution in [3.8, 4) is 0 Å². The van der Waals surface area contributed by atoms with Gasteiger partial charge in [-0.25, -0.2) is 14.7 Å². The zero-order chi connectivity index (χ0) is 14.7. The van der Waals surface area contributed by atoms with Gasteiger partial charge in [0.25, 0.3) is 0 Å². The number of carbonyl (C=O) groups is 1. The molecule has 0 fully saturated rings. The number of rotatable bonds is 5. The van der Waals surface area contributed by atoms with Crippen LogP contribution >= 0.6 is 27.7 Å². The number of hydrogen-bond acceptors (Lipinski definition) is 4. The fourth-order valence-electron chi connectivity index (χ4n) is 1.66. The van der Waals surface area contributed by atoms with Crippen LogP contribution in [0.15, 0.2) is 37.5 Å². The molecule has 20 heavy (non-hydrogen) atoms. The SMILES string of the molecule is CCCn1c(Sc2cc(Br)ccc2C(=O)O)n[nH]c1=O. The lowest BCUT2D eigenvalue weighted by atomic mass is 10.2. The van der Waals surface area contributed by atoms with Crippen LogP contribution < -0.4 is 5.69 Å². The molecule has 106 valence electrons. The summed E-state index contributed by atoms with van der Waals surface area (Å²) in [5.74, 6) is -1.01. The van der Waals surface area contributed by atoms with Crippen LogP contribution in [0.3, 0.4) is 0 Å². The number of carboxylic acids is 1. The smallest absolute Gasteiger partial charge is 0.343 e. The summed E-state index contributed by atoms with van der Waals surface area (Å²) in [4.78, 5) is 23.4. The van der Waals surface area contributed by atoms with E-state index in [0.29, 0.717) is 16.6 Å². The van der Waals surface area contributed by atoms with Crippen molar-refractivity contribution >= 4 is 33.7 Å². The molecular formula is C12H12BrN3O3S. The Hall–Kier alpha value is -1.54. The maximum atomic E-state index is 11.6. The Morgan fingerprint density at radius 3 is 2.95 bits per heavy atom. The van der Waals surface area contributed by atoms with Gasteiger partial charge in [0.1, 0.15) is 0 Å². The number of carboxylic acid groups (broad SMARTS) is 1. The summed E-state index contributed by atoms with van der Waals surface area (Å²) in [6, 6.07) is 4.88. The molecule has 6 nitrogen and oxygen atoms in total. The average molecular weight is 358 g/mol. The van der Waals surface area contributed by atoms with Gasteiger partial charge in [-0.15, -0.1) is 5.10 Å². The van der Waals surface area contributed by atoms with Crippen LogP contribution in [0.25, 0.3) is 0 Å². The maximum absolute atomic E-state index is 11.6. The van der Waals surface area contributed by atoms with Crippen molar-refractivity contribution < 1.29 is 9.90 Å². The minimum absolute atomic E-state index is 0.177. The van der Waals surface area contributed by atoms with E-state index >= 15 is 0 Å². The number of benzene rings is 1. The average Bonchev–Trinajstić information content (AvgIpc) is 2.72. The summed E-state index contributed by atoms with van der Waals surface area (Å²) < 4.78 is 2.27. The van der Waals surface area contributed by atoms with E-state index in [0.717, 1.165) is 22.7 Å². The van der Waals surface area contributed by atoms with Gasteiger partial charge >= 0.3 is 11.7 Å². The number of hydrogen-bond donors (Lipinski definition) is 2. The van der Waals surface area contributed by atoms with Gasteiger partial charge in [-0.2, -0.15) is 0 Å². The molecule has 1 aromatic heterocycles. The molecule has 1 aromatic carbocycles. The van der Waals surface area contributed by atoms with Gasteiger partial charge in [-0.3, -0.25) is 4.57 Å². The summed E-state index contributed by atoms with van der Waals surface area (Å²) in [5.41, 5.74) is -0.113. The molecule has 0 aliphatic carbocycles. The van der Waals surface area contributed by atoms with E-state index < -0.39 is 5.97 Å². The number of nitrogens with zero attached hydrogens (tertiary/aromatic N) is 2. The Bertz CT molecular complexity index is 695. The molecule has 0 radical (unpaired) electrons. The fourth-order valence-corrected chi connectivity index (χ4v) is 3.19. The molecule has 0 saturated heterocycles. The van der Waals surface area contributed by atoms with E-state index in [9.17, 15) is 14.7 Å². The molecule has 0 spiro atoms. The highest BCUT2D eigenvalue weighted by Gasteiger charge is 2.15. The van der Waals surface area contributed by atoms with Gasteiger partial charge < -0.3 is 5.11 Å². The zero-order valence-corrected chi connectivity index (χ0v) is 13.0. The second-order valence-electron chi connectivity index (χ2n) is 4.01. The Morgan fingerprint density at radius 2 is 2.30 bits per heavy atom. The van der Waals surface area contributed by atoms with Crippen molar-refractivity contribution in [1.82, 2.24) is 14.8 Å². The number of nitrogens with one attached hydrogen (secondary N) is 1. The highest BCUT2D eigenvalue weighted by Crippen LogP contribution is 2.31. The predicted molar refractivity (Wildman–Crippen MR) is 78.4 cm³/mol. The lowest BCUT2D eigenvalue weighted by Crippen LogP contribution is -2.17. The molecule has 0 aliphatic rings. The minimum Gasteiger partial charge on any atom is -0.478 e. The number of H-pyrrole nitrogens is 1. The van der Waals surface area contributed by atoms with Gasteiger partial charge in [0.2, 0.25) is 0 Å². The van der Waals surface area contributed by atoms with Crippen molar-refractivity contribution in [3.05, 3.63) is 38.7 Å². The third-order valence-corrected chi connectivity index (χ3v) is 4.09. The van der Waals surface area contributed by atoms with E-state index in [1.807, 2.05) is 6.92 Å². The summed E-state index contributed by atoms with van der Waals surface area (Å²) in [6.07, 6.45) is 0.789. The number of halogens is 1. The molecule has 8 heteroatoms. The van der Waals surface area contributed by atoms with Crippen molar-refractivity contribution in [2.45, 2.75) is 29.9 Å². The number of aromatic carboxylic acids is 1. The third kappa shape index (κ3) is 3.13. The molecule has 1 heterocycles. The molecule has 2 rings (SSSR count). The normalized spacial score (nSPS) is 10.7. The molecule has 2 aromatic rings. The van der Waals surface area contributed by atoms with Crippen molar-refractivity contribution in [3.63, 3.8) is 0 Å². The summed E-state index contributed by atoms with van der Waals surface area (Å²) in [5, 5.41) is 16.0. The summed E-state index contributed by atoms with van der Waals surface area (Å²) in [6.45, 7) is 2.49. The van der Waals surface area contributed by atoms with Crippen molar-refractivity contribution in [1.29, 1.82) is 0 Å². The lowest BCUT2D eigenvalue weighted by Gasteiger charge is -2.07. The second kappa shape index (κ2) is 6.27.